The smallest absolute Gasteiger partial charge is 0.314 e. The third-order valence-electron chi connectivity index (χ3n) is 4.30. The summed E-state index contributed by atoms with van der Waals surface area (Å²) < 4.78 is 0. The number of hydrogen-bond donors (Lipinski definition) is 1. The Morgan fingerprint density at radius 3 is 2.73 bits per heavy atom. The molecule has 2 atom stereocenters. The molecule has 1 N–H and O–H groups in total. The Balaban J connectivity index is 2.33. The maximum Gasteiger partial charge on any atom is 0.314 e. The minimum absolute atomic E-state index is 0.319. The fourth-order valence-corrected chi connectivity index (χ4v) is 3.36. The molecule has 0 amide bonds. The van der Waals surface area contributed by atoms with Crippen LogP contribution in [-0.2, 0) is 4.79 Å². The van der Waals surface area contributed by atoms with E-state index in [9.17, 15) is 9.90 Å². The monoisotopic (exact) mass is 208 g/mol. The predicted octanol–water partition coefficient (Wildman–Crippen LogP) is 3.38. The van der Waals surface area contributed by atoms with E-state index in [0.29, 0.717) is 5.92 Å². The fraction of sp³-hybridized carbons (Fsp3) is 0.769. The van der Waals surface area contributed by atoms with E-state index in [1.54, 1.807) is 0 Å². The number of allylic oxidation sites excluding steroid dienone is 1. The molecule has 0 heterocycles. The van der Waals surface area contributed by atoms with Crippen molar-refractivity contribution >= 4 is 5.97 Å². The molecule has 84 valence electrons. The zero-order chi connectivity index (χ0) is 10.9. The van der Waals surface area contributed by atoms with Gasteiger partial charge in [-0.2, -0.15) is 0 Å². The summed E-state index contributed by atoms with van der Waals surface area (Å²) >= 11 is 0. The van der Waals surface area contributed by atoms with Gasteiger partial charge in [-0.3, -0.25) is 4.79 Å². The highest BCUT2D eigenvalue weighted by atomic mass is 16.4. The molecule has 0 aliphatic heterocycles. The van der Waals surface area contributed by atoms with Crippen LogP contribution in [-0.4, -0.2) is 11.1 Å². The molecule has 15 heavy (non-hydrogen) atoms. The van der Waals surface area contributed by atoms with Gasteiger partial charge in [-0.05, 0) is 44.4 Å². The highest BCUT2D eigenvalue weighted by Crippen LogP contribution is 2.51. The largest absolute Gasteiger partial charge is 0.481 e. The molecule has 2 unspecified atom stereocenters. The summed E-state index contributed by atoms with van der Waals surface area (Å²) in [5, 5.41) is 9.55. The lowest BCUT2D eigenvalue weighted by Crippen LogP contribution is -2.36. The van der Waals surface area contributed by atoms with Gasteiger partial charge in [0.25, 0.3) is 0 Å². The van der Waals surface area contributed by atoms with Crippen LogP contribution in [0.15, 0.2) is 11.6 Å². The standard InChI is InChI=1S/C13H20O2/c1-10-6-5-9-13(10,12(14)15)11-7-3-2-4-8-11/h7,10H,2-6,8-9H2,1H3,(H,14,15). The number of rotatable bonds is 2. The van der Waals surface area contributed by atoms with Crippen LogP contribution in [0, 0.1) is 11.3 Å². The second-order valence-electron chi connectivity index (χ2n) is 5.04. The minimum Gasteiger partial charge on any atom is -0.481 e. The van der Waals surface area contributed by atoms with E-state index in [-0.39, 0.29) is 0 Å². The van der Waals surface area contributed by atoms with Crippen molar-refractivity contribution in [1.29, 1.82) is 0 Å². The van der Waals surface area contributed by atoms with Crippen LogP contribution in [0.3, 0.4) is 0 Å². The van der Waals surface area contributed by atoms with Crippen LogP contribution in [0.4, 0.5) is 0 Å². The highest BCUT2D eigenvalue weighted by molar-refractivity contribution is 5.79. The third kappa shape index (κ3) is 1.60. The van der Waals surface area contributed by atoms with Crippen LogP contribution in [0.2, 0.25) is 0 Å². The molecule has 2 nitrogen and oxygen atoms in total. The lowest BCUT2D eigenvalue weighted by molar-refractivity contribution is -0.148. The van der Waals surface area contributed by atoms with Gasteiger partial charge in [0.05, 0.1) is 5.41 Å². The lowest BCUT2D eigenvalue weighted by Gasteiger charge is -2.33. The topological polar surface area (TPSA) is 37.3 Å². The van der Waals surface area contributed by atoms with Crippen molar-refractivity contribution in [3.8, 4) is 0 Å². The number of carbonyl (C=O) groups is 1. The zero-order valence-corrected chi connectivity index (χ0v) is 9.46. The van der Waals surface area contributed by atoms with Gasteiger partial charge < -0.3 is 5.11 Å². The molecule has 0 saturated heterocycles. The Kier molecular flexibility index (Phi) is 2.85. The number of hydrogen-bond acceptors (Lipinski definition) is 1. The van der Waals surface area contributed by atoms with Crippen molar-refractivity contribution in [2.24, 2.45) is 11.3 Å². The van der Waals surface area contributed by atoms with Crippen LogP contribution in [0.5, 0.6) is 0 Å². The maximum atomic E-state index is 11.6. The predicted molar refractivity (Wildman–Crippen MR) is 59.6 cm³/mol. The van der Waals surface area contributed by atoms with Crippen LogP contribution in [0.25, 0.3) is 0 Å². The Morgan fingerprint density at radius 2 is 2.27 bits per heavy atom. The van der Waals surface area contributed by atoms with Gasteiger partial charge in [-0.1, -0.05) is 25.0 Å². The Bertz CT molecular complexity index is 293. The minimum atomic E-state index is -0.583. The summed E-state index contributed by atoms with van der Waals surface area (Å²) in [7, 11) is 0. The first kappa shape index (κ1) is 10.7. The van der Waals surface area contributed by atoms with E-state index < -0.39 is 11.4 Å². The molecule has 2 aliphatic rings. The molecule has 0 spiro atoms. The summed E-state index contributed by atoms with van der Waals surface area (Å²) in [6.45, 7) is 2.11. The molecule has 2 rings (SSSR count). The van der Waals surface area contributed by atoms with Crippen LogP contribution < -0.4 is 0 Å². The molecule has 1 saturated carbocycles. The molecule has 0 aromatic rings. The molecule has 0 bridgehead atoms. The van der Waals surface area contributed by atoms with Crippen molar-refractivity contribution in [2.75, 3.05) is 0 Å². The summed E-state index contributed by atoms with van der Waals surface area (Å²) in [6, 6.07) is 0. The van der Waals surface area contributed by atoms with Crippen molar-refractivity contribution in [3.63, 3.8) is 0 Å². The van der Waals surface area contributed by atoms with E-state index in [4.69, 9.17) is 0 Å². The summed E-state index contributed by atoms with van der Waals surface area (Å²) in [5.74, 6) is -0.264. The molecule has 0 aromatic heterocycles. The molecule has 0 radical (unpaired) electrons. The Morgan fingerprint density at radius 1 is 1.47 bits per heavy atom. The second-order valence-corrected chi connectivity index (χ2v) is 5.04. The number of carboxylic acids is 1. The van der Waals surface area contributed by atoms with Crippen molar-refractivity contribution in [1.82, 2.24) is 0 Å². The average molecular weight is 208 g/mol. The number of carboxylic acid groups (broad SMARTS) is 1. The first-order chi connectivity index (χ1) is 7.18. The first-order valence-electron chi connectivity index (χ1n) is 6.11. The molecular weight excluding hydrogens is 188 g/mol. The maximum absolute atomic E-state index is 11.6. The lowest BCUT2D eigenvalue weighted by atomic mass is 9.69. The number of aliphatic carboxylic acids is 1. The van der Waals surface area contributed by atoms with Gasteiger partial charge in [0.2, 0.25) is 0 Å². The fourth-order valence-electron chi connectivity index (χ4n) is 3.36. The van der Waals surface area contributed by atoms with Gasteiger partial charge in [0.15, 0.2) is 0 Å². The van der Waals surface area contributed by atoms with E-state index in [1.807, 2.05) is 0 Å². The third-order valence-corrected chi connectivity index (χ3v) is 4.30. The quantitative estimate of drug-likeness (QED) is 0.706. The summed E-state index contributed by atoms with van der Waals surface area (Å²) in [4.78, 5) is 11.6. The summed E-state index contributed by atoms with van der Waals surface area (Å²) in [5.41, 5.74) is 0.728. The zero-order valence-electron chi connectivity index (χ0n) is 9.46. The SMILES string of the molecule is CC1CCCC1(C(=O)O)C1=CCCCC1. The van der Waals surface area contributed by atoms with Gasteiger partial charge in [-0.25, -0.2) is 0 Å². The van der Waals surface area contributed by atoms with Gasteiger partial charge in [0, 0.05) is 0 Å². The second kappa shape index (κ2) is 3.99. The van der Waals surface area contributed by atoms with Crippen molar-refractivity contribution in [2.45, 2.75) is 51.9 Å². The van der Waals surface area contributed by atoms with E-state index in [0.717, 1.165) is 32.1 Å². The Hall–Kier alpha value is -0.790. The van der Waals surface area contributed by atoms with E-state index in [1.165, 1.54) is 18.4 Å². The van der Waals surface area contributed by atoms with Crippen molar-refractivity contribution in [3.05, 3.63) is 11.6 Å². The van der Waals surface area contributed by atoms with Gasteiger partial charge >= 0.3 is 5.97 Å². The summed E-state index contributed by atoms with van der Waals surface area (Å²) in [6.07, 6.45) is 9.71. The average Bonchev–Trinajstić information content (AvgIpc) is 2.62. The normalized spacial score (nSPS) is 36.3. The highest BCUT2D eigenvalue weighted by Gasteiger charge is 2.49. The van der Waals surface area contributed by atoms with E-state index in [2.05, 4.69) is 13.0 Å². The molecular formula is C13H20O2. The van der Waals surface area contributed by atoms with Crippen LogP contribution in [0.1, 0.15) is 51.9 Å². The van der Waals surface area contributed by atoms with Crippen molar-refractivity contribution < 1.29 is 9.90 Å². The Labute approximate surface area is 91.4 Å². The molecule has 0 aromatic carbocycles. The van der Waals surface area contributed by atoms with Gasteiger partial charge in [-0.15, -0.1) is 0 Å². The first-order valence-corrected chi connectivity index (χ1v) is 6.11. The molecule has 1 fully saturated rings. The van der Waals surface area contributed by atoms with Gasteiger partial charge in [0.1, 0.15) is 0 Å². The van der Waals surface area contributed by atoms with Crippen LogP contribution >= 0.6 is 0 Å². The molecule has 2 aliphatic carbocycles. The molecule has 2 heteroatoms. The van der Waals surface area contributed by atoms with E-state index >= 15 is 0 Å².